The van der Waals surface area contributed by atoms with Crippen molar-refractivity contribution in [2.24, 2.45) is 35.1 Å². The third kappa shape index (κ3) is 1.09. The van der Waals surface area contributed by atoms with E-state index in [2.05, 4.69) is 0 Å². The molecule has 11 heavy (non-hydrogen) atoms. The lowest BCUT2D eigenvalue weighted by atomic mass is 9.81. The van der Waals surface area contributed by atoms with Gasteiger partial charge in [0.05, 0.1) is 0 Å². The molecule has 2 aliphatic carbocycles. The normalized spacial score (nSPS) is 48.5. The van der Waals surface area contributed by atoms with Crippen molar-refractivity contribution in [1.82, 2.24) is 0 Å². The van der Waals surface area contributed by atoms with E-state index in [1.54, 1.807) is 0 Å². The summed E-state index contributed by atoms with van der Waals surface area (Å²) in [7, 11) is 0. The summed E-state index contributed by atoms with van der Waals surface area (Å²) in [5, 5.41) is 0. The molecule has 0 aliphatic heterocycles. The average Bonchev–Trinajstić information content (AvgIpc) is 2.60. The standard InChI is InChI=1S/C9H18N2/c10-4-7-1-6-2-8(5-11)9(7)3-6/h6-9H,1-5,10-11H2/t6?,7-,8?,9?/m1/s1. The zero-order chi connectivity index (χ0) is 7.84. The van der Waals surface area contributed by atoms with Crippen molar-refractivity contribution in [1.29, 1.82) is 0 Å². The van der Waals surface area contributed by atoms with Gasteiger partial charge in [0.15, 0.2) is 0 Å². The van der Waals surface area contributed by atoms with E-state index in [0.29, 0.717) is 0 Å². The fourth-order valence-corrected chi connectivity index (χ4v) is 3.19. The van der Waals surface area contributed by atoms with E-state index in [9.17, 15) is 0 Å². The molecule has 2 rings (SSSR count). The van der Waals surface area contributed by atoms with Crippen molar-refractivity contribution in [2.75, 3.05) is 13.1 Å². The van der Waals surface area contributed by atoms with Crippen molar-refractivity contribution >= 4 is 0 Å². The molecule has 0 aromatic rings. The van der Waals surface area contributed by atoms with Crippen molar-refractivity contribution in [3.8, 4) is 0 Å². The zero-order valence-electron chi connectivity index (χ0n) is 7.00. The summed E-state index contributed by atoms with van der Waals surface area (Å²) < 4.78 is 0. The van der Waals surface area contributed by atoms with Crippen LogP contribution in [0.25, 0.3) is 0 Å². The maximum atomic E-state index is 5.70. The highest BCUT2D eigenvalue weighted by Crippen LogP contribution is 2.50. The summed E-state index contributed by atoms with van der Waals surface area (Å²) in [5.41, 5.74) is 11.4. The highest BCUT2D eigenvalue weighted by Gasteiger charge is 2.44. The predicted octanol–water partition coefficient (Wildman–Crippen LogP) is 0.566. The maximum absolute atomic E-state index is 5.70. The highest BCUT2D eigenvalue weighted by atomic mass is 14.7. The summed E-state index contributed by atoms with van der Waals surface area (Å²) in [6.45, 7) is 1.77. The van der Waals surface area contributed by atoms with E-state index in [1.807, 2.05) is 0 Å². The van der Waals surface area contributed by atoms with Crippen LogP contribution in [0.5, 0.6) is 0 Å². The number of hydrogen-bond donors (Lipinski definition) is 2. The molecule has 2 saturated carbocycles. The van der Waals surface area contributed by atoms with Crippen molar-refractivity contribution < 1.29 is 0 Å². The molecule has 0 aromatic heterocycles. The molecule has 2 bridgehead atoms. The molecular formula is C9H18N2. The second-order valence-electron chi connectivity index (χ2n) is 4.23. The lowest BCUT2D eigenvalue weighted by molar-refractivity contribution is 0.249. The SMILES string of the molecule is NCC1CC2CC1[C@@H](CN)C2. The molecule has 2 aliphatic rings. The number of fused-ring (bicyclic) bond motifs is 2. The molecule has 0 aromatic carbocycles. The lowest BCUT2D eigenvalue weighted by Gasteiger charge is -2.27. The second kappa shape index (κ2) is 2.76. The van der Waals surface area contributed by atoms with E-state index >= 15 is 0 Å². The first-order valence-corrected chi connectivity index (χ1v) is 4.75. The van der Waals surface area contributed by atoms with Crippen LogP contribution in [-0.2, 0) is 0 Å². The van der Waals surface area contributed by atoms with Gasteiger partial charge in [-0.15, -0.1) is 0 Å². The topological polar surface area (TPSA) is 52.0 Å². The molecule has 0 radical (unpaired) electrons. The van der Waals surface area contributed by atoms with Gasteiger partial charge in [0.1, 0.15) is 0 Å². The van der Waals surface area contributed by atoms with Crippen molar-refractivity contribution in [2.45, 2.75) is 19.3 Å². The summed E-state index contributed by atoms with van der Waals surface area (Å²) in [4.78, 5) is 0. The largest absolute Gasteiger partial charge is 0.330 e. The van der Waals surface area contributed by atoms with E-state index in [-0.39, 0.29) is 0 Å². The second-order valence-corrected chi connectivity index (χ2v) is 4.23. The Morgan fingerprint density at radius 2 is 1.45 bits per heavy atom. The van der Waals surface area contributed by atoms with E-state index in [4.69, 9.17) is 11.5 Å². The molecule has 64 valence electrons. The van der Waals surface area contributed by atoms with Gasteiger partial charge in [-0.3, -0.25) is 0 Å². The Morgan fingerprint density at radius 1 is 0.909 bits per heavy atom. The van der Waals surface area contributed by atoms with Crippen LogP contribution in [0.1, 0.15) is 19.3 Å². The molecule has 2 heteroatoms. The van der Waals surface area contributed by atoms with Crippen LogP contribution < -0.4 is 11.5 Å². The van der Waals surface area contributed by atoms with E-state index in [0.717, 1.165) is 36.8 Å². The molecule has 2 fully saturated rings. The Hall–Kier alpha value is -0.0800. The van der Waals surface area contributed by atoms with Gasteiger partial charge in [0, 0.05) is 0 Å². The maximum Gasteiger partial charge on any atom is -0.00460 e. The molecule has 2 nitrogen and oxygen atoms in total. The summed E-state index contributed by atoms with van der Waals surface area (Å²) in [5.74, 6) is 3.47. The smallest absolute Gasteiger partial charge is 0.00460 e. The monoisotopic (exact) mass is 154 g/mol. The first-order valence-electron chi connectivity index (χ1n) is 4.75. The molecule has 0 heterocycles. The minimum atomic E-state index is 0.808. The van der Waals surface area contributed by atoms with Gasteiger partial charge in [-0.2, -0.15) is 0 Å². The summed E-state index contributed by atoms with van der Waals surface area (Å²) >= 11 is 0. The van der Waals surface area contributed by atoms with Crippen LogP contribution in [0.4, 0.5) is 0 Å². The number of rotatable bonds is 2. The van der Waals surface area contributed by atoms with Gasteiger partial charge in [-0.1, -0.05) is 0 Å². The van der Waals surface area contributed by atoms with Crippen LogP contribution >= 0.6 is 0 Å². The van der Waals surface area contributed by atoms with Crippen molar-refractivity contribution in [3.05, 3.63) is 0 Å². The van der Waals surface area contributed by atoms with Gasteiger partial charge in [0.25, 0.3) is 0 Å². The van der Waals surface area contributed by atoms with Crippen LogP contribution in [0.3, 0.4) is 0 Å². The third-order valence-electron chi connectivity index (χ3n) is 3.69. The number of nitrogens with two attached hydrogens (primary N) is 2. The Bertz CT molecular complexity index is 132. The molecule has 3 unspecified atom stereocenters. The van der Waals surface area contributed by atoms with Gasteiger partial charge in [-0.05, 0) is 56.0 Å². The van der Waals surface area contributed by atoms with Crippen LogP contribution in [0.2, 0.25) is 0 Å². The van der Waals surface area contributed by atoms with Gasteiger partial charge in [-0.25, -0.2) is 0 Å². The fourth-order valence-electron chi connectivity index (χ4n) is 3.19. The molecule has 4 atom stereocenters. The zero-order valence-corrected chi connectivity index (χ0v) is 7.00. The van der Waals surface area contributed by atoms with Gasteiger partial charge in [0.2, 0.25) is 0 Å². The van der Waals surface area contributed by atoms with Crippen LogP contribution in [-0.4, -0.2) is 13.1 Å². The molecule has 0 spiro atoms. The minimum absolute atomic E-state index is 0.808. The summed E-state index contributed by atoms with van der Waals surface area (Å²) in [6, 6.07) is 0. The Labute approximate surface area is 68.3 Å². The quantitative estimate of drug-likeness (QED) is 0.611. The first-order chi connectivity index (χ1) is 5.35. The third-order valence-corrected chi connectivity index (χ3v) is 3.69. The van der Waals surface area contributed by atoms with Crippen LogP contribution in [0, 0.1) is 23.7 Å². The Balaban J connectivity index is 2.02. The van der Waals surface area contributed by atoms with Crippen molar-refractivity contribution in [3.63, 3.8) is 0 Å². The van der Waals surface area contributed by atoms with Crippen LogP contribution in [0.15, 0.2) is 0 Å². The van der Waals surface area contributed by atoms with E-state index in [1.165, 1.54) is 19.3 Å². The van der Waals surface area contributed by atoms with Gasteiger partial charge < -0.3 is 11.5 Å². The predicted molar refractivity (Wildman–Crippen MR) is 45.9 cm³/mol. The first kappa shape index (κ1) is 7.56. The molecular weight excluding hydrogens is 136 g/mol. The average molecular weight is 154 g/mol. The van der Waals surface area contributed by atoms with E-state index < -0.39 is 0 Å². The minimum Gasteiger partial charge on any atom is -0.330 e. The highest BCUT2D eigenvalue weighted by molar-refractivity contribution is 4.95. The molecule has 0 saturated heterocycles. The number of hydrogen-bond acceptors (Lipinski definition) is 2. The Morgan fingerprint density at radius 3 is 1.82 bits per heavy atom. The fraction of sp³-hybridized carbons (Fsp3) is 1.00. The molecule has 4 N–H and O–H groups in total. The Kier molecular flexibility index (Phi) is 1.90. The molecule has 0 amide bonds. The lowest BCUT2D eigenvalue weighted by Crippen LogP contribution is -2.30. The summed E-state index contributed by atoms with van der Waals surface area (Å²) in [6.07, 6.45) is 4.19. The van der Waals surface area contributed by atoms with Gasteiger partial charge >= 0.3 is 0 Å².